The van der Waals surface area contributed by atoms with Gasteiger partial charge in [-0.25, -0.2) is 0 Å². The number of nitrogens with zero attached hydrogens (tertiary/aromatic N) is 4. The fourth-order valence-electron chi connectivity index (χ4n) is 1.90. The Morgan fingerprint density at radius 3 is 2.95 bits per heavy atom. The Hall–Kier alpha value is -1.99. The van der Waals surface area contributed by atoms with Crippen LogP contribution < -0.4 is 5.32 Å². The molecule has 2 aromatic rings. The van der Waals surface area contributed by atoms with Crippen molar-refractivity contribution in [2.24, 2.45) is 0 Å². The van der Waals surface area contributed by atoms with Gasteiger partial charge in [0.25, 0.3) is 0 Å². The Morgan fingerprint density at radius 2 is 2.16 bits per heavy atom. The van der Waals surface area contributed by atoms with Gasteiger partial charge in [-0.15, -0.1) is 0 Å². The van der Waals surface area contributed by atoms with Crippen LogP contribution in [0.4, 0.5) is 5.95 Å². The lowest BCUT2D eigenvalue weighted by Crippen LogP contribution is -2.34. The number of nitrogens with one attached hydrogen (secondary N) is 1. The summed E-state index contributed by atoms with van der Waals surface area (Å²) in [5.41, 5.74) is 0.913. The molecule has 1 fully saturated rings. The summed E-state index contributed by atoms with van der Waals surface area (Å²) in [5.74, 6) is 0.598. The third-order valence-electron chi connectivity index (χ3n) is 2.84. The average molecular weight is 261 g/mol. The lowest BCUT2D eigenvalue weighted by molar-refractivity contribution is -0.0819. The van der Waals surface area contributed by atoms with Crippen molar-refractivity contribution < 1.29 is 9.47 Å². The summed E-state index contributed by atoms with van der Waals surface area (Å²) in [5, 5.41) is 14.8. The quantitative estimate of drug-likeness (QED) is 0.863. The molecular weight excluding hydrogens is 246 g/mol. The number of para-hydroxylation sites is 1. The molecule has 3 rings (SSSR count). The first-order valence-electron chi connectivity index (χ1n) is 6.20. The fraction of sp³-hybridized carbons (Fsp3) is 0.417. The van der Waals surface area contributed by atoms with Crippen LogP contribution in [0.3, 0.4) is 0 Å². The Labute approximate surface area is 110 Å². The Morgan fingerprint density at radius 1 is 1.26 bits per heavy atom. The molecule has 1 aromatic carbocycles. The van der Waals surface area contributed by atoms with Gasteiger partial charge < -0.3 is 14.8 Å². The van der Waals surface area contributed by atoms with Crippen molar-refractivity contribution in [2.75, 3.05) is 31.7 Å². The van der Waals surface area contributed by atoms with Gasteiger partial charge in [-0.1, -0.05) is 23.3 Å². The summed E-state index contributed by atoms with van der Waals surface area (Å²) in [4.78, 5) is 0. The predicted octanol–water partition coefficient (Wildman–Crippen LogP) is 0.490. The molecule has 7 heteroatoms. The molecule has 0 amide bonds. The number of aromatic nitrogens is 4. The molecule has 19 heavy (non-hydrogen) atoms. The molecule has 1 aliphatic heterocycles. The SMILES string of the molecule is c1ccc(-n2nnnc2NCC2COCCO2)cc1. The number of tetrazole rings is 1. The molecule has 1 aromatic heterocycles. The second-order valence-electron chi connectivity index (χ2n) is 4.20. The molecule has 0 saturated carbocycles. The van der Waals surface area contributed by atoms with E-state index in [9.17, 15) is 0 Å². The maximum absolute atomic E-state index is 5.56. The Bertz CT molecular complexity index is 510. The summed E-state index contributed by atoms with van der Waals surface area (Å²) < 4.78 is 12.6. The van der Waals surface area contributed by atoms with Gasteiger partial charge in [0.2, 0.25) is 5.95 Å². The fourth-order valence-corrected chi connectivity index (χ4v) is 1.90. The molecule has 0 bridgehead atoms. The minimum absolute atomic E-state index is 0.0367. The summed E-state index contributed by atoms with van der Waals surface area (Å²) in [6, 6.07) is 9.73. The summed E-state index contributed by atoms with van der Waals surface area (Å²) in [6.07, 6.45) is 0.0367. The van der Waals surface area contributed by atoms with E-state index < -0.39 is 0 Å². The van der Waals surface area contributed by atoms with Crippen LogP contribution in [0.15, 0.2) is 30.3 Å². The van der Waals surface area contributed by atoms with Crippen molar-refractivity contribution in [1.29, 1.82) is 0 Å². The zero-order valence-electron chi connectivity index (χ0n) is 10.4. The van der Waals surface area contributed by atoms with Crippen molar-refractivity contribution in [3.05, 3.63) is 30.3 Å². The molecule has 100 valence electrons. The van der Waals surface area contributed by atoms with E-state index in [1.807, 2.05) is 30.3 Å². The van der Waals surface area contributed by atoms with Crippen molar-refractivity contribution in [2.45, 2.75) is 6.10 Å². The van der Waals surface area contributed by atoms with E-state index in [-0.39, 0.29) is 6.10 Å². The molecule has 0 aliphatic carbocycles. The lowest BCUT2D eigenvalue weighted by Gasteiger charge is -2.23. The zero-order valence-corrected chi connectivity index (χ0v) is 10.4. The highest BCUT2D eigenvalue weighted by molar-refractivity contribution is 5.38. The first-order chi connectivity index (χ1) is 9.43. The van der Waals surface area contributed by atoms with Crippen LogP contribution in [0, 0.1) is 0 Å². The summed E-state index contributed by atoms with van der Waals surface area (Å²) in [7, 11) is 0. The first kappa shape index (κ1) is 12.1. The van der Waals surface area contributed by atoms with Crippen LogP contribution in [0.1, 0.15) is 0 Å². The summed E-state index contributed by atoms with van der Waals surface area (Å²) >= 11 is 0. The topological polar surface area (TPSA) is 74.1 Å². The standard InChI is InChI=1S/C12H15N5O2/c1-2-4-10(5-3-1)17-12(14-15-16-17)13-8-11-9-18-6-7-19-11/h1-5,11H,6-9H2,(H,13,14,16). The van der Waals surface area contributed by atoms with Crippen molar-refractivity contribution in [3.8, 4) is 5.69 Å². The molecule has 0 radical (unpaired) electrons. The molecule has 2 heterocycles. The average Bonchev–Trinajstić information content (AvgIpc) is 2.95. The Balaban J connectivity index is 1.67. The maximum atomic E-state index is 5.56. The van der Waals surface area contributed by atoms with E-state index in [0.717, 1.165) is 5.69 Å². The highest BCUT2D eigenvalue weighted by atomic mass is 16.6. The van der Waals surface area contributed by atoms with Gasteiger partial charge in [0, 0.05) is 6.54 Å². The molecule has 1 unspecified atom stereocenters. The van der Waals surface area contributed by atoms with Gasteiger partial charge in [0.05, 0.1) is 31.6 Å². The van der Waals surface area contributed by atoms with E-state index in [1.165, 1.54) is 0 Å². The van der Waals surface area contributed by atoms with E-state index in [2.05, 4.69) is 20.8 Å². The van der Waals surface area contributed by atoms with Crippen molar-refractivity contribution in [1.82, 2.24) is 20.2 Å². The van der Waals surface area contributed by atoms with E-state index in [4.69, 9.17) is 9.47 Å². The first-order valence-corrected chi connectivity index (χ1v) is 6.20. The number of hydrogen-bond donors (Lipinski definition) is 1. The van der Waals surface area contributed by atoms with Crippen molar-refractivity contribution >= 4 is 5.95 Å². The van der Waals surface area contributed by atoms with Gasteiger partial charge in [0.15, 0.2) is 0 Å². The minimum Gasteiger partial charge on any atom is -0.376 e. The largest absolute Gasteiger partial charge is 0.376 e. The lowest BCUT2D eigenvalue weighted by atomic mass is 10.3. The second-order valence-corrected chi connectivity index (χ2v) is 4.20. The van der Waals surface area contributed by atoms with Gasteiger partial charge in [-0.05, 0) is 22.6 Å². The number of anilines is 1. The van der Waals surface area contributed by atoms with Crippen LogP contribution in [0.2, 0.25) is 0 Å². The van der Waals surface area contributed by atoms with Crippen LogP contribution in [-0.2, 0) is 9.47 Å². The normalized spacial score (nSPS) is 19.3. The molecule has 1 atom stereocenters. The minimum atomic E-state index is 0.0367. The maximum Gasteiger partial charge on any atom is 0.247 e. The molecule has 7 nitrogen and oxygen atoms in total. The number of rotatable bonds is 4. The Kier molecular flexibility index (Phi) is 3.66. The molecule has 0 spiro atoms. The smallest absolute Gasteiger partial charge is 0.247 e. The van der Waals surface area contributed by atoms with Crippen LogP contribution in [0.5, 0.6) is 0 Å². The van der Waals surface area contributed by atoms with Gasteiger partial charge in [-0.3, -0.25) is 0 Å². The van der Waals surface area contributed by atoms with Crippen LogP contribution >= 0.6 is 0 Å². The third-order valence-corrected chi connectivity index (χ3v) is 2.84. The number of benzene rings is 1. The highest BCUT2D eigenvalue weighted by Crippen LogP contribution is 2.11. The van der Waals surface area contributed by atoms with Gasteiger partial charge in [0.1, 0.15) is 0 Å². The van der Waals surface area contributed by atoms with Gasteiger partial charge in [-0.2, -0.15) is 4.68 Å². The number of ether oxygens (including phenoxy) is 2. The number of hydrogen-bond acceptors (Lipinski definition) is 6. The van der Waals surface area contributed by atoms with E-state index >= 15 is 0 Å². The van der Waals surface area contributed by atoms with Crippen LogP contribution in [0.25, 0.3) is 5.69 Å². The molecular formula is C12H15N5O2. The summed E-state index contributed by atoms with van der Waals surface area (Å²) in [6.45, 7) is 2.52. The molecule has 1 N–H and O–H groups in total. The van der Waals surface area contributed by atoms with E-state index in [1.54, 1.807) is 4.68 Å². The zero-order chi connectivity index (χ0) is 12.9. The molecule has 1 aliphatic rings. The van der Waals surface area contributed by atoms with Crippen molar-refractivity contribution in [3.63, 3.8) is 0 Å². The highest BCUT2D eigenvalue weighted by Gasteiger charge is 2.15. The third kappa shape index (κ3) is 2.88. The monoisotopic (exact) mass is 261 g/mol. The second kappa shape index (κ2) is 5.77. The predicted molar refractivity (Wildman–Crippen MR) is 68.2 cm³/mol. The van der Waals surface area contributed by atoms with Crippen LogP contribution in [-0.4, -0.2) is 52.7 Å². The molecule has 1 saturated heterocycles. The van der Waals surface area contributed by atoms with Gasteiger partial charge >= 0.3 is 0 Å². The van der Waals surface area contributed by atoms with E-state index in [0.29, 0.717) is 32.3 Å².